The van der Waals surface area contributed by atoms with Crippen molar-refractivity contribution in [2.24, 2.45) is 5.92 Å². The molecule has 2 atom stereocenters. The number of para-hydroxylation sites is 1. The normalized spacial score (nSPS) is 22.6. The molecule has 214 valence electrons. The van der Waals surface area contributed by atoms with E-state index < -0.39 is 12.0 Å². The van der Waals surface area contributed by atoms with E-state index in [0.29, 0.717) is 61.1 Å². The van der Waals surface area contributed by atoms with Crippen LogP contribution in [0.15, 0.2) is 29.5 Å². The maximum atomic E-state index is 13.5. The van der Waals surface area contributed by atoms with Crippen molar-refractivity contribution >= 4 is 17.9 Å². The van der Waals surface area contributed by atoms with E-state index in [0.717, 1.165) is 25.7 Å². The van der Waals surface area contributed by atoms with Crippen molar-refractivity contribution in [2.45, 2.75) is 58.5 Å². The molecule has 3 amide bonds. The second-order valence-corrected chi connectivity index (χ2v) is 10.4. The van der Waals surface area contributed by atoms with Crippen LogP contribution >= 0.6 is 0 Å². The van der Waals surface area contributed by atoms with Gasteiger partial charge >= 0.3 is 12.0 Å². The van der Waals surface area contributed by atoms with Gasteiger partial charge in [-0.2, -0.15) is 0 Å². The molecule has 1 aromatic rings. The first-order chi connectivity index (χ1) is 18.8. The molecule has 2 fully saturated rings. The summed E-state index contributed by atoms with van der Waals surface area (Å²) >= 11 is 0. The molecular weight excluding hydrogens is 500 g/mol. The van der Waals surface area contributed by atoms with Gasteiger partial charge in [0.15, 0.2) is 11.5 Å². The first-order valence-corrected chi connectivity index (χ1v) is 14.1. The lowest BCUT2D eigenvalue weighted by Gasteiger charge is -2.43. The van der Waals surface area contributed by atoms with Gasteiger partial charge in [0.05, 0.1) is 32.4 Å². The van der Waals surface area contributed by atoms with E-state index in [1.54, 1.807) is 31.1 Å². The van der Waals surface area contributed by atoms with Crippen LogP contribution in [-0.4, -0.2) is 92.2 Å². The number of carbonyl (C=O) groups excluding carboxylic acids is 3. The summed E-state index contributed by atoms with van der Waals surface area (Å²) in [4.78, 5) is 45.9. The van der Waals surface area contributed by atoms with Gasteiger partial charge in [0.2, 0.25) is 5.91 Å². The van der Waals surface area contributed by atoms with E-state index in [-0.39, 0.29) is 30.5 Å². The predicted molar refractivity (Wildman–Crippen MR) is 146 cm³/mol. The third-order valence-corrected chi connectivity index (χ3v) is 8.07. The smallest absolute Gasteiger partial charge is 0.338 e. The lowest BCUT2D eigenvalue weighted by molar-refractivity contribution is -0.140. The van der Waals surface area contributed by atoms with Crippen LogP contribution in [0, 0.1) is 5.92 Å². The van der Waals surface area contributed by atoms with Gasteiger partial charge in [-0.1, -0.05) is 25.0 Å². The highest BCUT2D eigenvalue weighted by atomic mass is 16.5. The van der Waals surface area contributed by atoms with Crippen LogP contribution in [0.5, 0.6) is 11.5 Å². The molecular formula is C29H42N4O6. The molecule has 1 aromatic carbocycles. The summed E-state index contributed by atoms with van der Waals surface area (Å²) in [6.07, 6.45) is 4.22. The van der Waals surface area contributed by atoms with Gasteiger partial charge in [-0.25, -0.2) is 9.59 Å². The topological polar surface area (TPSA) is 101 Å². The summed E-state index contributed by atoms with van der Waals surface area (Å²) in [5, 5.41) is 3.00. The van der Waals surface area contributed by atoms with Crippen molar-refractivity contribution in [3.63, 3.8) is 0 Å². The zero-order valence-electron chi connectivity index (χ0n) is 23.8. The summed E-state index contributed by atoms with van der Waals surface area (Å²) in [5.74, 6) is 0.883. The minimum Gasteiger partial charge on any atom is -0.493 e. The average Bonchev–Trinajstić information content (AvgIpc) is 3.47. The van der Waals surface area contributed by atoms with E-state index in [1.165, 1.54) is 7.11 Å². The van der Waals surface area contributed by atoms with E-state index in [9.17, 15) is 14.4 Å². The largest absolute Gasteiger partial charge is 0.493 e. The van der Waals surface area contributed by atoms with Gasteiger partial charge in [-0.05, 0) is 39.7 Å². The number of hydrogen-bond acceptors (Lipinski definition) is 7. The van der Waals surface area contributed by atoms with Gasteiger partial charge < -0.3 is 24.4 Å². The first-order valence-electron chi connectivity index (χ1n) is 14.1. The van der Waals surface area contributed by atoms with Crippen molar-refractivity contribution in [3.8, 4) is 11.5 Å². The molecule has 1 saturated heterocycles. The number of hydrogen-bond donors (Lipinski definition) is 1. The van der Waals surface area contributed by atoms with Gasteiger partial charge in [-0.3, -0.25) is 14.6 Å². The fourth-order valence-electron chi connectivity index (χ4n) is 6.15. The summed E-state index contributed by atoms with van der Waals surface area (Å²) in [7, 11) is 3.08. The second-order valence-electron chi connectivity index (χ2n) is 10.4. The predicted octanol–water partition coefficient (Wildman–Crippen LogP) is 3.33. The molecule has 10 heteroatoms. The van der Waals surface area contributed by atoms with E-state index in [1.807, 2.05) is 17.9 Å². The van der Waals surface area contributed by atoms with Gasteiger partial charge in [0.25, 0.3) is 0 Å². The van der Waals surface area contributed by atoms with Crippen molar-refractivity contribution in [1.29, 1.82) is 0 Å². The Bertz CT molecular complexity index is 1100. The van der Waals surface area contributed by atoms with E-state index >= 15 is 0 Å². The molecule has 1 aliphatic carbocycles. The highest BCUT2D eigenvalue weighted by Gasteiger charge is 2.41. The summed E-state index contributed by atoms with van der Waals surface area (Å²) in [6, 6.07) is 4.37. The number of methoxy groups -OCH3 is 2. The molecule has 2 heterocycles. The Morgan fingerprint density at radius 1 is 1.08 bits per heavy atom. The van der Waals surface area contributed by atoms with Crippen LogP contribution in [0.2, 0.25) is 0 Å². The quantitative estimate of drug-likeness (QED) is 0.478. The molecule has 10 nitrogen and oxygen atoms in total. The number of ether oxygens (including phenoxy) is 3. The summed E-state index contributed by atoms with van der Waals surface area (Å²) < 4.78 is 16.7. The first kappa shape index (κ1) is 28.7. The van der Waals surface area contributed by atoms with Crippen LogP contribution in [-0.2, 0) is 14.3 Å². The summed E-state index contributed by atoms with van der Waals surface area (Å²) in [5.41, 5.74) is 1.60. The molecule has 1 N–H and O–H groups in total. The zero-order valence-corrected chi connectivity index (χ0v) is 23.8. The van der Waals surface area contributed by atoms with E-state index in [2.05, 4.69) is 17.1 Å². The highest BCUT2D eigenvalue weighted by Crippen LogP contribution is 2.40. The number of urea groups is 1. The molecule has 4 rings (SSSR count). The standard InChI is InChI=1S/C29H42N4O6/c1-6-32-22(18-31-15-16-33(19(3)17-31)27(34)20-11-8-9-12-20)24(28(35)39-7-2)25(30-29(32)36)21-13-10-14-23(37-4)26(21)38-5/h10,13-14,19-20,25H,6-9,11-12,15-18H2,1-5H3,(H,30,36). The lowest BCUT2D eigenvalue weighted by Crippen LogP contribution is -2.57. The Kier molecular flexibility index (Phi) is 9.37. The Morgan fingerprint density at radius 3 is 2.44 bits per heavy atom. The second kappa shape index (κ2) is 12.7. The number of esters is 1. The Hall–Kier alpha value is -3.27. The van der Waals surface area contributed by atoms with Crippen LogP contribution in [0.1, 0.15) is 58.1 Å². The Morgan fingerprint density at radius 2 is 1.82 bits per heavy atom. The van der Waals surface area contributed by atoms with Crippen molar-refractivity contribution < 1.29 is 28.6 Å². The number of likely N-dealkylation sites (N-methyl/N-ethyl adjacent to an activating group) is 1. The molecule has 1 saturated carbocycles. The van der Waals surface area contributed by atoms with Gasteiger partial charge in [0, 0.05) is 55.9 Å². The van der Waals surface area contributed by atoms with Gasteiger partial charge in [-0.15, -0.1) is 0 Å². The fraction of sp³-hybridized carbons (Fsp3) is 0.621. The van der Waals surface area contributed by atoms with Crippen LogP contribution < -0.4 is 14.8 Å². The molecule has 3 aliphatic rings. The molecule has 39 heavy (non-hydrogen) atoms. The molecule has 2 unspecified atom stereocenters. The number of carbonyl (C=O) groups is 3. The number of nitrogens with zero attached hydrogens (tertiary/aromatic N) is 3. The zero-order chi connectivity index (χ0) is 28.1. The van der Waals surface area contributed by atoms with Crippen LogP contribution in [0.3, 0.4) is 0 Å². The van der Waals surface area contributed by atoms with Crippen LogP contribution in [0.25, 0.3) is 0 Å². The monoisotopic (exact) mass is 542 g/mol. The molecule has 0 bridgehead atoms. The number of amides is 3. The van der Waals surface area contributed by atoms with Crippen molar-refractivity contribution in [1.82, 2.24) is 20.0 Å². The highest BCUT2D eigenvalue weighted by molar-refractivity contribution is 5.95. The van der Waals surface area contributed by atoms with Gasteiger partial charge in [0.1, 0.15) is 0 Å². The molecule has 2 aliphatic heterocycles. The maximum absolute atomic E-state index is 13.5. The maximum Gasteiger partial charge on any atom is 0.338 e. The molecule has 0 aromatic heterocycles. The van der Waals surface area contributed by atoms with Crippen molar-refractivity contribution in [2.75, 3.05) is 53.6 Å². The SMILES string of the molecule is CCOC(=O)C1=C(CN2CCN(C(=O)C3CCCC3)C(C)C2)N(CC)C(=O)NC1c1cccc(OC)c1OC. The average molecular weight is 543 g/mol. The molecule has 0 radical (unpaired) electrons. The van der Waals surface area contributed by atoms with Crippen LogP contribution in [0.4, 0.5) is 4.79 Å². The third kappa shape index (κ3) is 5.85. The third-order valence-electron chi connectivity index (χ3n) is 8.07. The minimum atomic E-state index is -0.776. The minimum absolute atomic E-state index is 0.0419. The lowest BCUT2D eigenvalue weighted by atomic mass is 9.93. The number of benzene rings is 1. The van der Waals surface area contributed by atoms with E-state index in [4.69, 9.17) is 14.2 Å². The number of piperazine rings is 1. The Balaban J connectivity index is 1.68. The van der Waals surface area contributed by atoms with Crippen molar-refractivity contribution in [3.05, 3.63) is 35.0 Å². The fourth-order valence-corrected chi connectivity index (χ4v) is 6.15. The number of nitrogens with one attached hydrogen (secondary N) is 1. The summed E-state index contributed by atoms with van der Waals surface area (Å²) in [6.45, 7) is 8.65. The Labute approximate surface area is 231 Å². The number of rotatable bonds is 9. The molecule has 0 spiro atoms.